The molecule has 5 nitrogen and oxygen atoms in total. The standard InChI is InChI=1S/C22H30N4O/c1-16(2)12-25(13-19-6-5-9-23-11-19)21-14-26(15-21)22(27)24-20-8-7-17(3)18(4)10-20/h5-11,16,21H,12-15H2,1-4H3,(H,24,27). The van der Waals surface area contributed by atoms with E-state index in [1.165, 1.54) is 16.7 Å². The molecule has 0 atom stereocenters. The van der Waals surface area contributed by atoms with Gasteiger partial charge in [0.1, 0.15) is 0 Å². The quantitative estimate of drug-likeness (QED) is 0.838. The van der Waals surface area contributed by atoms with Crippen LogP contribution in [0.15, 0.2) is 42.7 Å². The predicted octanol–water partition coefficient (Wildman–Crippen LogP) is 4.07. The number of amides is 2. The molecule has 0 bridgehead atoms. The van der Waals surface area contributed by atoms with Gasteiger partial charge in [-0.05, 0) is 54.7 Å². The van der Waals surface area contributed by atoms with Crippen molar-refractivity contribution in [2.45, 2.75) is 40.3 Å². The van der Waals surface area contributed by atoms with Gasteiger partial charge in [0, 0.05) is 50.3 Å². The van der Waals surface area contributed by atoms with Gasteiger partial charge >= 0.3 is 6.03 Å². The van der Waals surface area contributed by atoms with Gasteiger partial charge in [-0.1, -0.05) is 26.0 Å². The molecule has 2 amide bonds. The lowest BCUT2D eigenvalue weighted by Crippen LogP contribution is -2.62. The maximum Gasteiger partial charge on any atom is 0.321 e. The van der Waals surface area contributed by atoms with Crippen LogP contribution in [0.4, 0.5) is 10.5 Å². The van der Waals surface area contributed by atoms with E-state index in [4.69, 9.17) is 0 Å². The number of hydrogen-bond donors (Lipinski definition) is 1. The number of likely N-dealkylation sites (tertiary alicyclic amines) is 1. The Morgan fingerprint density at radius 1 is 1.26 bits per heavy atom. The molecule has 3 rings (SSSR count). The number of carbonyl (C=O) groups excluding carboxylic acids is 1. The molecular weight excluding hydrogens is 336 g/mol. The topological polar surface area (TPSA) is 48.5 Å². The van der Waals surface area contributed by atoms with E-state index in [2.05, 4.69) is 49.0 Å². The molecule has 1 N–H and O–H groups in total. The zero-order chi connectivity index (χ0) is 19.4. The highest BCUT2D eigenvalue weighted by Crippen LogP contribution is 2.21. The van der Waals surface area contributed by atoms with Crippen LogP contribution >= 0.6 is 0 Å². The van der Waals surface area contributed by atoms with Crippen LogP contribution in [0.1, 0.15) is 30.5 Å². The molecule has 144 valence electrons. The molecule has 0 aliphatic carbocycles. The Balaban J connectivity index is 1.56. The Morgan fingerprint density at radius 3 is 2.67 bits per heavy atom. The van der Waals surface area contributed by atoms with Gasteiger partial charge in [0.2, 0.25) is 0 Å². The van der Waals surface area contributed by atoms with Gasteiger partial charge in [-0.3, -0.25) is 9.88 Å². The maximum absolute atomic E-state index is 12.5. The molecule has 1 saturated heterocycles. The Kier molecular flexibility index (Phi) is 6.11. The van der Waals surface area contributed by atoms with E-state index in [0.29, 0.717) is 12.0 Å². The summed E-state index contributed by atoms with van der Waals surface area (Å²) >= 11 is 0. The van der Waals surface area contributed by atoms with Crippen LogP contribution in [-0.2, 0) is 6.54 Å². The number of hydrogen-bond acceptors (Lipinski definition) is 3. The molecule has 5 heteroatoms. The number of urea groups is 1. The molecule has 0 radical (unpaired) electrons. The average Bonchev–Trinajstić information content (AvgIpc) is 2.57. The second kappa shape index (κ2) is 8.53. The van der Waals surface area contributed by atoms with Crippen molar-refractivity contribution in [1.82, 2.24) is 14.8 Å². The van der Waals surface area contributed by atoms with Gasteiger partial charge in [-0.2, -0.15) is 0 Å². The average molecular weight is 367 g/mol. The molecule has 2 aromatic rings. The minimum Gasteiger partial charge on any atom is -0.321 e. The van der Waals surface area contributed by atoms with Crippen molar-refractivity contribution in [1.29, 1.82) is 0 Å². The molecule has 1 aromatic carbocycles. The van der Waals surface area contributed by atoms with Crippen molar-refractivity contribution >= 4 is 11.7 Å². The minimum absolute atomic E-state index is 0.0135. The number of carbonyl (C=O) groups is 1. The highest BCUT2D eigenvalue weighted by molar-refractivity contribution is 5.90. The first-order valence-corrected chi connectivity index (χ1v) is 9.68. The highest BCUT2D eigenvalue weighted by Gasteiger charge is 2.35. The molecule has 1 aliphatic heterocycles. The molecule has 0 spiro atoms. The lowest BCUT2D eigenvalue weighted by molar-refractivity contribution is 0.0486. The van der Waals surface area contributed by atoms with Crippen molar-refractivity contribution in [2.24, 2.45) is 5.92 Å². The Hall–Kier alpha value is -2.40. The monoisotopic (exact) mass is 366 g/mol. The van der Waals surface area contributed by atoms with Crippen molar-refractivity contribution in [2.75, 3.05) is 25.0 Å². The fourth-order valence-electron chi connectivity index (χ4n) is 3.41. The van der Waals surface area contributed by atoms with E-state index >= 15 is 0 Å². The predicted molar refractivity (Wildman–Crippen MR) is 110 cm³/mol. The SMILES string of the molecule is Cc1ccc(NC(=O)N2CC(N(Cc3cccnc3)CC(C)C)C2)cc1C. The number of nitrogens with zero attached hydrogens (tertiary/aromatic N) is 3. The molecule has 0 unspecified atom stereocenters. The number of anilines is 1. The third-order valence-corrected chi connectivity index (χ3v) is 5.13. The van der Waals surface area contributed by atoms with Crippen LogP contribution in [0.3, 0.4) is 0 Å². The Labute approximate surface area is 162 Å². The molecule has 27 heavy (non-hydrogen) atoms. The summed E-state index contributed by atoms with van der Waals surface area (Å²) in [4.78, 5) is 21.1. The summed E-state index contributed by atoms with van der Waals surface area (Å²) in [6, 6.07) is 10.5. The highest BCUT2D eigenvalue weighted by atomic mass is 16.2. The van der Waals surface area contributed by atoms with E-state index in [0.717, 1.165) is 31.9 Å². The molecular formula is C22H30N4O. The molecule has 1 fully saturated rings. The van der Waals surface area contributed by atoms with Crippen LogP contribution in [0.2, 0.25) is 0 Å². The van der Waals surface area contributed by atoms with Crippen LogP contribution in [-0.4, -0.2) is 46.5 Å². The molecule has 2 heterocycles. The van der Waals surface area contributed by atoms with Crippen molar-refractivity contribution in [3.05, 3.63) is 59.4 Å². The van der Waals surface area contributed by atoms with Crippen LogP contribution in [0.25, 0.3) is 0 Å². The number of aryl methyl sites for hydroxylation is 2. The van der Waals surface area contributed by atoms with E-state index in [-0.39, 0.29) is 6.03 Å². The lowest BCUT2D eigenvalue weighted by atomic mass is 10.0. The third kappa shape index (κ3) is 5.07. The zero-order valence-electron chi connectivity index (χ0n) is 16.8. The van der Waals surface area contributed by atoms with Crippen LogP contribution in [0, 0.1) is 19.8 Å². The lowest BCUT2D eigenvalue weighted by Gasteiger charge is -2.45. The maximum atomic E-state index is 12.5. The molecule has 0 saturated carbocycles. The van der Waals surface area contributed by atoms with Crippen molar-refractivity contribution in [3.63, 3.8) is 0 Å². The first-order chi connectivity index (χ1) is 12.9. The first-order valence-electron chi connectivity index (χ1n) is 9.68. The zero-order valence-corrected chi connectivity index (χ0v) is 16.8. The number of nitrogens with one attached hydrogen (secondary N) is 1. The summed E-state index contributed by atoms with van der Waals surface area (Å²) in [7, 11) is 0. The van der Waals surface area contributed by atoms with E-state index in [1.54, 1.807) is 6.20 Å². The third-order valence-electron chi connectivity index (χ3n) is 5.13. The first kappa shape index (κ1) is 19.4. The number of pyridine rings is 1. The fourth-order valence-corrected chi connectivity index (χ4v) is 3.41. The van der Waals surface area contributed by atoms with E-state index < -0.39 is 0 Å². The van der Waals surface area contributed by atoms with Crippen molar-refractivity contribution < 1.29 is 4.79 Å². The van der Waals surface area contributed by atoms with Gasteiger partial charge in [-0.15, -0.1) is 0 Å². The van der Waals surface area contributed by atoms with Gasteiger partial charge in [-0.25, -0.2) is 4.79 Å². The summed E-state index contributed by atoms with van der Waals surface area (Å²) in [5.74, 6) is 0.583. The second-order valence-electron chi connectivity index (χ2n) is 7.97. The second-order valence-corrected chi connectivity index (χ2v) is 7.97. The summed E-state index contributed by atoms with van der Waals surface area (Å²) in [6.07, 6.45) is 3.73. The van der Waals surface area contributed by atoms with Gasteiger partial charge in [0.25, 0.3) is 0 Å². The van der Waals surface area contributed by atoms with E-state index in [9.17, 15) is 4.79 Å². The Morgan fingerprint density at radius 2 is 2.04 bits per heavy atom. The molecule has 1 aromatic heterocycles. The summed E-state index contributed by atoms with van der Waals surface area (Å²) < 4.78 is 0. The largest absolute Gasteiger partial charge is 0.321 e. The number of rotatable bonds is 6. The number of benzene rings is 1. The fraction of sp³-hybridized carbons (Fsp3) is 0.455. The van der Waals surface area contributed by atoms with Gasteiger partial charge in [0.15, 0.2) is 0 Å². The molecule has 1 aliphatic rings. The Bertz CT molecular complexity index is 769. The van der Waals surface area contributed by atoms with Crippen LogP contribution in [0.5, 0.6) is 0 Å². The van der Waals surface area contributed by atoms with Crippen LogP contribution < -0.4 is 5.32 Å². The normalized spacial score (nSPS) is 14.5. The summed E-state index contributed by atoms with van der Waals surface area (Å²) in [5, 5.41) is 3.02. The summed E-state index contributed by atoms with van der Waals surface area (Å²) in [5.41, 5.74) is 4.50. The minimum atomic E-state index is -0.0135. The van der Waals surface area contributed by atoms with Crippen molar-refractivity contribution in [3.8, 4) is 0 Å². The number of aromatic nitrogens is 1. The summed E-state index contributed by atoms with van der Waals surface area (Å²) in [6.45, 7) is 12.0. The smallest absolute Gasteiger partial charge is 0.321 e. The van der Waals surface area contributed by atoms with Gasteiger partial charge in [0.05, 0.1) is 0 Å². The van der Waals surface area contributed by atoms with Gasteiger partial charge < -0.3 is 10.2 Å². The van der Waals surface area contributed by atoms with E-state index in [1.807, 2.05) is 35.4 Å².